The van der Waals surface area contributed by atoms with Gasteiger partial charge in [0.15, 0.2) is 5.69 Å². The zero-order valence-corrected chi connectivity index (χ0v) is 15.3. The molecule has 0 aliphatic carbocycles. The molecule has 3 rings (SSSR count). The van der Waals surface area contributed by atoms with Crippen molar-refractivity contribution in [3.8, 4) is 0 Å². The molecule has 0 atom stereocenters. The number of nitrogens with one attached hydrogen (secondary N) is 1. The van der Waals surface area contributed by atoms with Crippen molar-refractivity contribution in [2.75, 3.05) is 19.7 Å². The summed E-state index contributed by atoms with van der Waals surface area (Å²) in [6.45, 7) is 3.09. The lowest BCUT2D eigenvalue weighted by Gasteiger charge is -2.26. The Bertz CT molecular complexity index is 956. The summed E-state index contributed by atoms with van der Waals surface area (Å²) >= 11 is 0. The first-order chi connectivity index (χ1) is 13.0. The fraction of sp³-hybridized carbons (Fsp3) is 0.389. The van der Waals surface area contributed by atoms with Gasteiger partial charge in [-0.15, -0.1) is 0 Å². The van der Waals surface area contributed by atoms with E-state index in [1.807, 2.05) is 0 Å². The summed E-state index contributed by atoms with van der Waals surface area (Å²) < 4.78 is 6.12. The Morgan fingerprint density at radius 3 is 2.56 bits per heavy atom. The highest BCUT2D eigenvalue weighted by molar-refractivity contribution is 6.05. The van der Waals surface area contributed by atoms with E-state index in [1.54, 1.807) is 36.1 Å². The van der Waals surface area contributed by atoms with Crippen molar-refractivity contribution in [3.63, 3.8) is 0 Å². The van der Waals surface area contributed by atoms with E-state index in [9.17, 15) is 14.4 Å². The number of fused-ring (bicyclic) bond motifs is 1. The largest absolute Gasteiger partial charge is 0.450 e. The van der Waals surface area contributed by atoms with Crippen LogP contribution in [0, 0.1) is 0 Å². The lowest BCUT2D eigenvalue weighted by molar-refractivity contribution is 0.0946. The predicted octanol–water partition coefficient (Wildman–Crippen LogP) is 1.27. The van der Waals surface area contributed by atoms with Crippen molar-refractivity contribution in [2.45, 2.75) is 19.8 Å². The number of nitrogens with zero attached hydrogens (tertiary/aromatic N) is 4. The smallest absolute Gasteiger partial charge is 0.409 e. The Labute approximate surface area is 155 Å². The molecule has 1 aliphatic heterocycles. The third-order valence-electron chi connectivity index (χ3n) is 4.35. The molecule has 27 heavy (non-hydrogen) atoms. The molecule has 1 aromatic heterocycles. The number of aromatic nitrogens is 2. The topological polar surface area (TPSA) is 106 Å². The maximum atomic E-state index is 12.5. The zero-order valence-electron chi connectivity index (χ0n) is 15.3. The number of carbonyl (C=O) groups is 2. The third kappa shape index (κ3) is 3.97. The minimum atomic E-state index is -0.484. The van der Waals surface area contributed by atoms with Gasteiger partial charge in [0.25, 0.3) is 11.5 Å². The Morgan fingerprint density at radius 2 is 1.89 bits per heavy atom. The Morgan fingerprint density at radius 1 is 1.22 bits per heavy atom. The number of carbonyl (C=O) groups excluding carboxylic acids is 2. The fourth-order valence-corrected chi connectivity index (χ4v) is 2.92. The van der Waals surface area contributed by atoms with Gasteiger partial charge in [-0.25, -0.2) is 14.9 Å². The van der Waals surface area contributed by atoms with Crippen LogP contribution >= 0.6 is 0 Å². The van der Waals surface area contributed by atoms with Crippen molar-refractivity contribution in [1.29, 1.82) is 0 Å². The molecule has 1 N–H and O–H groups in total. The van der Waals surface area contributed by atoms with Crippen LogP contribution in [-0.4, -0.2) is 52.1 Å². The number of rotatable bonds is 3. The Hall–Kier alpha value is -3.23. The number of aryl methyl sites for hydroxylation is 1. The number of hydrogen-bond acceptors (Lipinski definition) is 6. The van der Waals surface area contributed by atoms with Crippen LogP contribution in [0.25, 0.3) is 10.8 Å². The van der Waals surface area contributed by atoms with Crippen LogP contribution in [-0.2, 0) is 11.8 Å². The van der Waals surface area contributed by atoms with Crippen molar-refractivity contribution < 1.29 is 14.3 Å². The third-order valence-corrected chi connectivity index (χ3v) is 4.35. The van der Waals surface area contributed by atoms with Crippen LogP contribution in [0.3, 0.4) is 0 Å². The number of likely N-dealkylation sites (tertiary alicyclic amines) is 1. The molecule has 1 saturated heterocycles. The molecule has 2 amide bonds. The molecule has 9 nitrogen and oxygen atoms in total. The van der Waals surface area contributed by atoms with E-state index < -0.39 is 5.91 Å². The van der Waals surface area contributed by atoms with Crippen LogP contribution in [0.2, 0.25) is 0 Å². The number of amides is 2. The summed E-state index contributed by atoms with van der Waals surface area (Å²) in [7, 11) is 1.50. The van der Waals surface area contributed by atoms with Crippen molar-refractivity contribution >= 4 is 28.5 Å². The standard InChI is InChI=1S/C18H21N5O4/c1-3-27-18(26)23-10-8-12(9-11-23)19-20-16(24)15-13-6-4-5-7-14(13)17(25)22(2)21-15/h4-7H,3,8-11H2,1-2H3,(H,20,24). The van der Waals surface area contributed by atoms with Crippen LogP contribution in [0.15, 0.2) is 34.2 Å². The van der Waals surface area contributed by atoms with Gasteiger partial charge in [0.05, 0.1) is 12.0 Å². The highest BCUT2D eigenvalue weighted by Gasteiger charge is 2.21. The minimum absolute atomic E-state index is 0.140. The molecule has 0 bridgehead atoms. The van der Waals surface area contributed by atoms with Crippen molar-refractivity contribution in [2.24, 2.45) is 12.1 Å². The van der Waals surface area contributed by atoms with E-state index in [1.165, 1.54) is 7.05 Å². The van der Waals surface area contributed by atoms with Crippen LogP contribution in [0.1, 0.15) is 30.3 Å². The quantitative estimate of drug-likeness (QED) is 0.818. The number of ether oxygens (including phenoxy) is 1. The van der Waals surface area contributed by atoms with E-state index in [0.717, 1.165) is 10.4 Å². The fourth-order valence-electron chi connectivity index (χ4n) is 2.92. The molecule has 0 saturated carbocycles. The molecule has 0 spiro atoms. The molecule has 1 aromatic carbocycles. The van der Waals surface area contributed by atoms with Crippen LogP contribution < -0.4 is 11.0 Å². The Balaban J connectivity index is 1.71. The molecule has 1 fully saturated rings. The van der Waals surface area contributed by atoms with Crippen LogP contribution in [0.5, 0.6) is 0 Å². The van der Waals surface area contributed by atoms with Gasteiger partial charge in [0.1, 0.15) is 0 Å². The Kier molecular flexibility index (Phi) is 5.49. The van der Waals surface area contributed by atoms with Gasteiger partial charge >= 0.3 is 6.09 Å². The number of benzene rings is 1. The molecule has 142 valence electrons. The van der Waals surface area contributed by atoms with Gasteiger partial charge in [-0.1, -0.05) is 18.2 Å². The molecular weight excluding hydrogens is 350 g/mol. The van der Waals surface area contributed by atoms with E-state index in [2.05, 4.69) is 15.6 Å². The number of piperidine rings is 1. The normalized spacial score (nSPS) is 14.1. The van der Waals surface area contributed by atoms with Gasteiger partial charge in [-0.3, -0.25) is 9.59 Å². The summed E-state index contributed by atoms with van der Waals surface area (Å²) in [5.41, 5.74) is 3.18. The number of hydrogen-bond donors (Lipinski definition) is 1. The second kappa shape index (κ2) is 7.98. The maximum absolute atomic E-state index is 12.5. The second-order valence-corrected chi connectivity index (χ2v) is 6.13. The van der Waals surface area contributed by atoms with E-state index in [4.69, 9.17) is 4.74 Å². The van der Waals surface area contributed by atoms with E-state index in [0.29, 0.717) is 43.3 Å². The summed E-state index contributed by atoms with van der Waals surface area (Å²) in [6.07, 6.45) is 0.780. The maximum Gasteiger partial charge on any atom is 0.409 e. The van der Waals surface area contributed by atoms with Gasteiger partial charge in [0, 0.05) is 44.1 Å². The molecule has 2 heterocycles. The summed E-state index contributed by atoms with van der Waals surface area (Å²) in [5.74, 6) is -0.484. The molecule has 0 radical (unpaired) electrons. The summed E-state index contributed by atoms with van der Waals surface area (Å²) in [5, 5.41) is 9.15. The number of hydrazone groups is 1. The van der Waals surface area contributed by atoms with Crippen molar-refractivity contribution in [3.05, 3.63) is 40.3 Å². The molecule has 9 heteroatoms. The van der Waals surface area contributed by atoms with Gasteiger partial charge in [-0.05, 0) is 13.0 Å². The van der Waals surface area contributed by atoms with Gasteiger partial charge in [0.2, 0.25) is 0 Å². The SMILES string of the molecule is CCOC(=O)N1CCC(=NNC(=O)c2nn(C)c(=O)c3ccccc23)CC1. The summed E-state index contributed by atoms with van der Waals surface area (Å²) in [6, 6.07) is 6.83. The highest BCUT2D eigenvalue weighted by Crippen LogP contribution is 2.13. The molecule has 2 aromatic rings. The zero-order chi connectivity index (χ0) is 19.4. The first-order valence-electron chi connectivity index (χ1n) is 8.74. The average Bonchev–Trinajstić information content (AvgIpc) is 2.69. The first-order valence-corrected chi connectivity index (χ1v) is 8.74. The lowest BCUT2D eigenvalue weighted by Crippen LogP contribution is -2.39. The monoisotopic (exact) mass is 371 g/mol. The molecule has 0 unspecified atom stereocenters. The molecular formula is C18H21N5O4. The molecule has 1 aliphatic rings. The predicted molar refractivity (Wildman–Crippen MR) is 99.7 cm³/mol. The minimum Gasteiger partial charge on any atom is -0.450 e. The highest BCUT2D eigenvalue weighted by atomic mass is 16.6. The van der Waals surface area contributed by atoms with Crippen molar-refractivity contribution in [1.82, 2.24) is 20.1 Å². The van der Waals surface area contributed by atoms with E-state index in [-0.39, 0.29) is 17.3 Å². The van der Waals surface area contributed by atoms with E-state index >= 15 is 0 Å². The lowest BCUT2D eigenvalue weighted by atomic mass is 10.1. The van der Waals surface area contributed by atoms with Gasteiger partial charge < -0.3 is 9.64 Å². The average molecular weight is 371 g/mol. The van der Waals surface area contributed by atoms with Gasteiger partial charge in [-0.2, -0.15) is 10.2 Å². The second-order valence-electron chi connectivity index (χ2n) is 6.13. The summed E-state index contributed by atoms with van der Waals surface area (Å²) in [4.78, 5) is 38.0. The first kappa shape index (κ1) is 18.6. The van der Waals surface area contributed by atoms with Crippen LogP contribution in [0.4, 0.5) is 4.79 Å².